The molecule has 0 bridgehead atoms. The molecule has 1 aliphatic carbocycles. The standard InChI is InChI=1S/C16H27NO3/c1-3-7-14(16(19)20-4-2)17-11-6-9-13(17)12-8-5-10-15(12)18/h12-14H,3-11H2,1-2H3. The molecule has 4 nitrogen and oxygen atoms in total. The van der Waals surface area contributed by atoms with E-state index in [1.165, 1.54) is 0 Å². The van der Waals surface area contributed by atoms with Gasteiger partial charge in [0.1, 0.15) is 11.8 Å². The first-order chi connectivity index (χ1) is 9.69. The molecular formula is C16H27NO3. The quantitative estimate of drug-likeness (QED) is 0.702. The second kappa shape index (κ2) is 7.21. The number of ether oxygens (including phenoxy) is 1. The molecule has 2 aliphatic rings. The summed E-state index contributed by atoms with van der Waals surface area (Å²) in [5.41, 5.74) is 0. The van der Waals surface area contributed by atoms with Crippen LogP contribution >= 0.6 is 0 Å². The molecule has 2 rings (SSSR count). The molecule has 3 atom stereocenters. The van der Waals surface area contributed by atoms with Crippen molar-refractivity contribution in [2.75, 3.05) is 13.2 Å². The Morgan fingerprint density at radius 3 is 2.75 bits per heavy atom. The van der Waals surface area contributed by atoms with Gasteiger partial charge >= 0.3 is 5.97 Å². The van der Waals surface area contributed by atoms with Crippen molar-refractivity contribution in [2.24, 2.45) is 5.92 Å². The number of carbonyl (C=O) groups is 2. The molecule has 0 aromatic rings. The van der Waals surface area contributed by atoms with Gasteiger partial charge in [0.05, 0.1) is 6.61 Å². The molecule has 1 heterocycles. The number of rotatable bonds is 6. The van der Waals surface area contributed by atoms with Gasteiger partial charge in [0.25, 0.3) is 0 Å². The van der Waals surface area contributed by atoms with Crippen molar-refractivity contribution in [1.29, 1.82) is 0 Å². The van der Waals surface area contributed by atoms with Crippen LogP contribution in [0.5, 0.6) is 0 Å². The van der Waals surface area contributed by atoms with E-state index in [0.29, 0.717) is 12.4 Å². The highest BCUT2D eigenvalue weighted by Crippen LogP contribution is 2.35. The monoisotopic (exact) mass is 281 g/mol. The maximum absolute atomic E-state index is 12.2. The fraction of sp³-hybridized carbons (Fsp3) is 0.875. The van der Waals surface area contributed by atoms with E-state index >= 15 is 0 Å². The summed E-state index contributed by atoms with van der Waals surface area (Å²) in [4.78, 5) is 26.5. The van der Waals surface area contributed by atoms with Crippen LogP contribution in [0.4, 0.5) is 0 Å². The largest absolute Gasteiger partial charge is 0.465 e. The summed E-state index contributed by atoms with van der Waals surface area (Å²) >= 11 is 0. The number of nitrogens with zero attached hydrogens (tertiary/aromatic N) is 1. The molecule has 0 spiro atoms. The zero-order valence-corrected chi connectivity index (χ0v) is 12.8. The zero-order valence-electron chi connectivity index (χ0n) is 12.8. The smallest absolute Gasteiger partial charge is 0.323 e. The Hall–Kier alpha value is -0.900. The summed E-state index contributed by atoms with van der Waals surface area (Å²) < 4.78 is 5.24. The minimum Gasteiger partial charge on any atom is -0.465 e. The van der Waals surface area contributed by atoms with Gasteiger partial charge in [-0.2, -0.15) is 0 Å². The van der Waals surface area contributed by atoms with E-state index in [-0.39, 0.29) is 24.0 Å². The van der Waals surface area contributed by atoms with Crippen molar-refractivity contribution < 1.29 is 14.3 Å². The van der Waals surface area contributed by atoms with E-state index in [1.807, 2.05) is 6.92 Å². The minimum absolute atomic E-state index is 0.105. The molecule has 0 N–H and O–H groups in total. The third-order valence-electron chi connectivity index (χ3n) is 4.68. The van der Waals surface area contributed by atoms with Crippen molar-refractivity contribution in [2.45, 2.75) is 70.9 Å². The molecule has 4 heteroatoms. The van der Waals surface area contributed by atoms with E-state index in [0.717, 1.165) is 51.5 Å². The summed E-state index contributed by atoms with van der Waals surface area (Å²) in [5, 5.41) is 0. The van der Waals surface area contributed by atoms with Crippen LogP contribution < -0.4 is 0 Å². The Morgan fingerprint density at radius 2 is 2.15 bits per heavy atom. The fourth-order valence-corrected chi connectivity index (χ4v) is 3.81. The Morgan fingerprint density at radius 1 is 1.35 bits per heavy atom. The van der Waals surface area contributed by atoms with E-state index in [9.17, 15) is 9.59 Å². The number of ketones is 1. The van der Waals surface area contributed by atoms with Crippen LogP contribution in [0.2, 0.25) is 0 Å². The molecule has 114 valence electrons. The lowest BCUT2D eigenvalue weighted by Gasteiger charge is -2.34. The van der Waals surface area contributed by atoms with Crippen LogP contribution in [-0.4, -0.2) is 41.9 Å². The lowest BCUT2D eigenvalue weighted by atomic mass is 9.93. The van der Waals surface area contributed by atoms with Gasteiger partial charge in [0, 0.05) is 18.4 Å². The lowest BCUT2D eigenvalue weighted by Crippen LogP contribution is -2.48. The fourth-order valence-electron chi connectivity index (χ4n) is 3.81. The summed E-state index contributed by atoms with van der Waals surface area (Å²) in [6.07, 6.45) is 6.69. The third-order valence-corrected chi connectivity index (χ3v) is 4.68. The van der Waals surface area contributed by atoms with Crippen molar-refractivity contribution in [3.05, 3.63) is 0 Å². The van der Waals surface area contributed by atoms with Gasteiger partial charge in [-0.05, 0) is 45.6 Å². The molecule has 3 unspecified atom stereocenters. The zero-order chi connectivity index (χ0) is 14.5. The molecule has 1 aliphatic heterocycles. The number of carbonyl (C=O) groups excluding carboxylic acids is 2. The third kappa shape index (κ3) is 3.22. The number of hydrogen-bond acceptors (Lipinski definition) is 4. The molecule has 1 saturated carbocycles. The Bertz CT molecular complexity index is 356. The van der Waals surface area contributed by atoms with E-state index in [2.05, 4.69) is 11.8 Å². The first-order valence-corrected chi connectivity index (χ1v) is 8.14. The van der Waals surface area contributed by atoms with Crippen LogP contribution in [0.1, 0.15) is 58.8 Å². The molecule has 20 heavy (non-hydrogen) atoms. The van der Waals surface area contributed by atoms with Gasteiger partial charge in [-0.25, -0.2) is 0 Å². The van der Waals surface area contributed by atoms with Crippen LogP contribution in [0.3, 0.4) is 0 Å². The Labute approximate surface area is 121 Å². The second-order valence-electron chi connectivity index (χ2n) is 5.97. The Kier molecular flexibility index (Phi) is 5.58. The van der Waals surface area contributed by atoms with Gasteiger partial charge in [-0.3, -0.25) is 14.5 Å². The van der Waals surface area contributed by atoms with E-state index in [1.54, 1.807) is 0 Å². The van der Waals surface area contributed by atoms with Crippen molar-refractivity contribution in [1.82, 2.24) is 4.90 Å². The highest BCUT2D eigenvalue weighted by atomic mass is 16.5. The van der Waals surface area contributed by atoms with E-state index < -0.39 is 0 Å². The van der Waals surface area contributed by atoms with Gasteiger partial charge in [-0.15, -0.1) is 0 Å². The number of Topliss-reactive ketones (excluding diaryl/α,β-unsaturated/α-hetero) is 1. The van der Waals surface area contributed by atoms with Crippen molar-refractivity contribution >= 4 is 11.8 Å². The molecule has 0 aromatic carbocycles. The summed E-state index contributed by atoms with van der Waals surface area (Å²) in [6, 6.07) is 0.117. The summed E-state index contributed by atoms with van der Waals surface area (Å²) in [5.74, 6) is 0.457. The minimum atomic E-state index is -0.152. The topological polar surface area (TPSA) is 46.6 Å². The first kappa shape index (κ1) is 15.5. The number of hydrogen-bond donors (Lipinski definition) is 0. The molecule has 2 fully saturated rings. The molecule has 1 saturated heterocycles. The van der Waals surface area contributed by atoms with Gasteiger partial charge in [0.2, 0.25) is 0 Å². The average Bonchev–Trinajstić information content (AvgIpc) is 3.04. The first-order valence-electron chi connectivity index (χ1n) is 8.14. The SMILES string of the molecule is CCCC(C(=O)OCC)N1CCCC1C1CCCC1=O. The lowest BCUT2D eigenvalue weighted by molar-refractivity contribution is -0.151. The van der Waals surface area contributed by atoms with Crippen LogP contribution in [-0.2, 0) is 14.3 Å². The summed E-state index contributed by atoms with van der Waals surface area (Å²) in [6.45, 7) is 5.30. The normalized spacial score (nSPS) is 28.8. The summed E-state index contributed by atoms with van der Waals surface area (Å²) in [7, 11) is 0. The van der Waals surface area contributed by atoms with Crippen molar-refractivity contribution in [3.63, 3.8) is 0 Å². The highest BCUT2D eigenvalue weighted by Gasteiger charge is 2.42. The number of likely N-dealkylation sites (tertiary alicyclic amines) is 1. The van der Waals surface area contributed by atoms with E-state index in [4.69, 9.17) is 4.74 Å². The highest BCUT2D eigenvalue weighted by molar-refractivity contribution is 5.84. The maximum atomic E-state index is 12.2. The predicted molar refractivity (Wildman–Crippen MR) is 77.4 cm³/mol. The molecule has 0 amide bonds. The van der Waals surface area contributed by atoms with Gasteiger partial charge < -0.3 is 4.74 Å². The van der Waals surface area contributed by atoms with Gasteiger partial charge in [-0.1, -0.05) is 13.3 Å². The van der Waals surface area contributed by atoms with Gasteiger partial charge in [0.15, 0.2) is 0 Å². The molecule has 0 aromatic heterocycles. The Balaban J connectivity index is 2.09. The average molecular weight is 281 g/mol. The van der Waals surface area contributed by atoms with Crippen LogP contribution in [0, 0.1) is 5.92 Å². The predicted octanol–water partition coefficient (Wildman–Crippen LogP) is 2.55. The van der Waals surface area contributed by atoms with Crippen molar-refractivity contribution in [3.8, 4) is 0 Å². The molecular weight excluding hydrogens is 254 g/mol. The van der Waals surface area contributed by atoms with Crippen LogP contribution in [0.25, 0.3) is 0 Å². The maximum Gasteiger partial charge on any atom is 0.323 e. The molecule has 0 radical (unpaired) electrons. The second-order valence-corrected chi connectivity index (χ2v) is 5.97. The number of esters is 1. The van der Waals surface area contributed by atoms with Crippen LogP contribution in [0.15, 0.2) is 0 Å².